The Morgan fingerprint density at radius 3 is 2.95 bits per heavy atom. The zero-order valence-corrected chi connectivity index (χ0v) is 13.6. The fraction of sp³-hybridized carbons (Fsp3) is 0.333. The number of thiazole rings is 1. The molecule has 0 fully saturated rings. The molecule has 9 heteroatoms. The van der Waals surface area contributed by atoms with Crippen LogP contribution in [0.4, 0.5) is 5.13 Å². The Morgan fingerprint density at radius 1 is 1.48 bits per heavy atom. The van der Waals surface area contributed by atoms with Gasteiger partial charge in [0.15, 0.2) is 5.13 Å². The van der Waals surface area contributed by atoms with Crippen LogP contribution in [0.3, 0.4) is 0 Å². The van der Waals surface area contributed by atoms with Crippen molar-refractivity contribution in [2.45, 2.75) is 24.1 Å². The van der Waals surface area contributed by atoms with Gasteiger partial charge in [-0.3, -0.25) is 9.52 Å². The number of hydrogen-bond acceptors (Lipinski definition) is 6. The average Bonchev–Trinajstić information content (AvgIpc) is 3.05. The molecule has 0 aliphatic carbocycles. The summed E-state index contributed by atoms with van der Waals surface area (Å²) in [5, 5.41) is 2.06. The highest BCUT2D eigenvalue weighted by atomic mass is 32.2. The Morgan fingerprint density at radius 2 is 2.29 bits per heavy atom. The number of anilines is 1. The highest BCUT2D eigenvalue weighted by Gasteiger charge is 2.25. The first-order chi connectivity index (χ1) is 9.95. The molecule has 2 aromatic rings. The molecule has 0 aromatic carbocycles. The van der Waals surface area contributed by atoms with E-state index in [1.54, 1.807) is 22.5 Å². The van der Waals surface area contributed by atoms with Gasteiger partial charge in [-0.1, -0.05) is 0 Å². The lowest BCUT2D eigenvalue weighted by molar-refractivity contribution is -0.129. The van der Waals surface area contributed by atoms with E-state index in [-0.39, 0.29) is 10.1 Å². The summed E-state index contributed by atoms with van der Waals surface area (Å²) in [7, 11) is -3.60. The Balaban J connectivity index is 1.86. The number of hydrogen-bond donors (Lipinski definition) is 1. The average molecular weight is 343 g/mol. The van der Waals surface area contributed by atoms with E-state index >= 15 is 0 Å². The van der Waals surface area contributed by atoms with Crippen molar-refractivity contribution in [2.24, 2.45) is 0 Å². The van der Waals surface area contributed by atoms with Crippen molar-refractivity contribution in [1.82, 2.24) is 9.88 Å². The summed E-state index contributed by atoms with van der Waals surface area (Å²) in [6.45, 7) is 2.65. The largest absolute Gasteiger partial charge is 0.338 e. The lowest BCUT2D eigenvalue weighted by Gasteiger charge is -2.25. The summed E-state index contributed by atoms with van der Waals surface area (Å²) in [4.78, 5) is 18.1. The fourth-order valence-corrected chi connectivity index (χ4v) is 5.48. The van der Waals surface area contributed by atoms with Gasteiger partial charge in [-0.15, -0.1) is 22.7 Å². The molecule has 0 atom stereocenters. The van der Waals surface area contributed by atoms with Crippen molar-refractivity contribution in [3.63, 3.8) is 0 Å². The number of amides is 1. The van der Waals surface area contributed by atoms with Gasteiger partial charge in [0.2, 0.25) is 5.91 Å². The van der Waals surface area contributed by atoms with E-state index in [9.17, 15) is 13.2 Å². The summed E-state index contributed by atoms with van der Waals surface area (Å²) >= 11 is 2.50. The standard InChI is InChI=1S/C12H13N3O3S3/c1-8(16)15-4-2-10-9(7-15)6-11(20-10)21(17,18)14-12-13-3-5-19-12/h3,5-6H,2,4,7H2,1H3,(H,13,14). The van der Waals surface area contributed by atoms with Gasteiger partial charge in [0.25, 0.3) is 10.0 Å². The Kier molecular flexibility index (Phi) is 3.72. The van der Waals surface area contributed by atoms with Gasteiger partial charge in [-0.25, -0.2) is 13.4 Å². The maximum atomic E-state index is 12.3. The molecular weight excluding hydrogens is 330 g/mol. The van der Waals surface area contributed by atoms with Gasteiger partial charge in [0.1, 0.15) is 4.21 Å². The quantitative estimate of drug-likeness (QED) is 0.923. The molecule has 1 N–H and O–H groups in total. The van der Waals surface area contributed by atoms with Crippen LogP contribution >= 0.6 is 22.7 Å². The minimum absolute atomic E-state index is 0.0113. The molecule has 3 rings (SSSR count). The van der Waals surface area contributed by atoms with Crippen molar-refractivity contribution in [3.05, 3.63) is 28.1 Å². The lowest BCUT2D eigenvalue weighted by atomic mass is 10.1. The third kappa shape index (κ3) is 2.94. The van der Waals surface area contributed by atoms with E-state index in [2.05, 4.69) is 9.71 Å². The molecular formula is C12H13N3O3S3. The second-order valence-electron chi connectivity index (χ2n) is 4.65. The number of thiophene rings is 1. The highest BCUT2D eigenvalue weighted by Crippen LogP contribution is 2.32. The molecule has 0 unspecified atom stereocenters. The van der Waals surface area contributed by atoms with Gasteiger partial charge in [-0.05, 0) is 18.1 Å². The number of fused-ring (bicyclic) bond motifs is 1. The zero-order chi connectivity index (χ0) is 15.0. The second-order valence-corrected chi connectivity index (χ2v) is 8.59. The summed E-state index contributed by atoms with van der Waals surface area (Å²) in [5.41, 5.74) is 0.918. The molecule has 0 saturated heterocycles. The van der Waals surface area contributed by atoms with Crippen LogP contribution in [0.15, 0.2) is 21.9 Å². The van der Waals surface area contributed by atoms with Gasteiger partial charge in [0.05, 0.1) is 0 Å². The number of sulfonamides is 1. The topological polar surface area (TPSA) is 79.4 Å². The van der Waals surface area contributed by atoms with E-state index in [4.69, 9.17) is 0 Å². The van der Waals surface area contributed by atoms with Crippen LogP contribution in [0.25, 0.3) is 0 Å². The van der Waals surface area contributed by atoms with E-state index in [0.717, 1.165) is 10.4 Å². The first-order valence-electron chi connectivity index (χ1n) is 6.25. The number of nitrogens with zero attached hydrogens (tertiary/aromatic N) is 2. The predicted molar refractivity (Wildman–Crippen MR) is 82.0 cm³/mol. The van der Waals surface area contributed by atoms with Crippen molar-refractivity contribution >= 4 is 43.7 Å². The van der Waals surface area contributed by atoms with Crippen LogP contribution in [0.1, 0.15) is 17.4 Å². The third-order valence-corrected chi connectivity index (χ3v) is 7.08. The van der Waals surface area contributed by atoms with Crippen LogP contribution in [0.2, 0.25) is 0 Å². The van der Waals surface area contributed by atoms with Crippen molar-refractivity contribution in [3.8, 4) is 0 Å². The third-order valence-electron chi connectivity index (χ3n) is 3.21. The first-order valence-corrected chi connectivity index (χ1v) is 9.43. The lowest BCUT2D eigenvalue weighted by Crippen LogP contribution is -2.33. The van der Waals surface area contributed by atoms with Crippen molar-refractivity contribution in [2.75, 3.05) is 11.3 Å². The number of aromatic nitrogens is 1. The van der Waals surface area contributed by atoms with Crippen LogP contribution in [-0.4, -0.2) is 30.8 Å². The Bertz CT molecular complexity index is 765. The second kappa shape index (κ2) is 5.39. The molecule has 0 radical (unpaired) electrons. The van der Waals surface area contributed by atoms with Crippen LogP contribution in [0, 0.1) is 0 Å². The van der Waals surface area contributed by atoms with Crippen molar-refractivity contribution < 1.29 is 13.2 Å². The normalized spacial score (nSPS) is 14.8. The SMILES string of the molecule is CC(=O)N1CCc2sc(S(=O)(=O)Nc3nccs3)cc2C1. The fourth-order valence-electron chi connectivity index (χ4n) is 2.15. The first kappa shape index (κ1) is 14.5. The Hall–Kier alpha value is -1.45. The van der Waals surface area contributed by atoms with Gasteiger partial charge in [0, 0.05) is 36.5 Å². The minimum atomic E-state index is -3.60. The molecule has 112 valence electrons. The molecule has 1 aliphatic heterocycles. The monoisotopic (exact) mass is 343 g/mol. The van der Waals surface area contributed by atoms with Crippen LogP contribution in [0.5, 0.6) is 0 Å². The molecule has 6 nitrogen and oxygen atoms in total. The van der Waals surface area contributed by atoms with Crippen molar-refractivity contribution in [1.29, 1.82) is 0 Å². The van der Waals surface area contributed by atoms with E-state index in [0.29, 0.717) is 24.6 Å². The summed E-state index contributed by atoms with van der Waals surface area (Å²) in [5.74, 6) is 0.0113. The Labute approximate surface area is 130 Å². The molecule has 2 aromatic heterocycles. The van der Waals surface area contributed by atoms with E-state index < -0.39 is 10.0 Å². The molecule has 21 heavy (non-hydrogen) atoms. The molecule has 0 saturated carbocycles. The number of carbonyl (C=O) groups is 1. The maximum absolute atomic E-state index is 12.3. The van der Waals surface area contributed by atoms with Gasteiger partial charge >= 0.3 is 0 Å². The molecule has 0 bridgehead atoms. The van der Waals surface area contributed by atoms with E-state index in [1.807, 2.05) is 0 Å². The smallest absolute Gasteiger partial charge is 0.273 e. The van der Waals surface area contributed by atoms with Gasteiger partial charge in [-0.2, -0.15) is 0 Å². The zero-order valence-electron chi connectivity index (χ0n) is 11.2. The highest BCUT2D eigenvalue weighted by molar-refractivity contribution is 7.94. The number of carbonyl (C=O) groups excluding carboxylic acids is 1. The van der Waals surface area contributed by atoms with E-state index in [1.165, 1.54) is 29.6 Å². The van der Waals surface area contributed by atoms with Gasteiger partial charge < -0.3 is 4.90 Å². The molecule has 1 aliphatic rings. The summed E-state index contributed by atoms with van der Waals surface area (Å²) < 4.78 is 27.4. The molecule has 1 amide bonds. The molecule has 3 heterocycles. The summed E-state index contributed by atoms with van der Waals surface area (Å²) in [6, 6.07) is 1.66. The van der Waals surface area contributed by atoms with Crippen LogP contribution < -0.4 is 4.72 Å². The van der Waals surface area contributed by atoms with Crippen LogP contribution in [-0.2, 0) is 27.8 Å². The maximum Gasteiger partial charge on any atom is 0.273 e. The molecule has 0 spiro atoms. The number of rotatable bonds is 3. The number of nitrogens with one attached hydrogen (secondary N) is 1. The summed E-state index contributed by atoms with van der Waals surface area (Å²) in [6.07, 6.45) is 2.25. The minimum Gasteiger partial charge on any atom is -0.338 e. The predicted octanol–water partition coefficient (Wildman–Crippen LogP) is 1.91.